The smallest absolute Gasteiger partial charge is 0.289 e. The van der Waals surface area contributed by atoms with Gasteiger partial charge in [0.25, 0.3) is 6.43 Å². The number of rotatable bonds is 5. The molecule has 9 heteroatoms. The molecule has 0 radical (unpaired) electrons. The van der Waals surface area contributed by atoms with Crippen LogP contribution in [0.15, 0.2) is 18.3 Å². The number of hydrogen-bond acceptors (Lipinski definition) is 7. The van der Waals surface area contributed by atoms with Crippen molar-refractivity contribution in [3.05, 3.63) is 39.6 Å². The molecule has 4 rings (SSSR count). The summed E-state index contributed by atoms with van der Waals surface area (Å²) >= 11 is 0.995. The molecule has 0 amide bonds. The minimum Gasteiger partial charge on any atom is -0.385 e. The number of hydrogen-bond donors (Lipinski definition) is 2. The summed E-state index contributed by atoms with van der Waals surface area (Å²) in [6.07, 6.45) is 1.83. The summed E-state index contributed by atoms with van der Waals surface area (Å²) in [5.74, 6) is 0. The molecular formula is C18H21F2N5OS. The first-order chi connectivity index (χ1) is 13.2. The minimum absolute atomic E-state index is 0.177. The predicted octanol–water partition coefficient (Wildman–Crippen LogP) is 1.11. The lowest BCUT2D eigenvalue weighted by atomic mass is 10.1. The topological polar surface area (TPSA) is 62.3 Å². The number of methoxy groups -OCH3 is 1. The maximum absolute atomic E-state index is 13.3. The van der Waals surface area contributed by atoms with Crippen molar-refractivity contribution in [3.63, 3.8) is 0 Å². The highest BCUT2D eigenvalue weighted by atomic mass is 32.1. The van der Waals surface area contributed by atoms with Gasteiger partial charge in [0.2, 0.25) is 0 Å². The quantitative estimate of drug-likeness (QED) is 0.794. The molecule has 2 aromatic heterocycles. The average Bonchev–Trinajstić information content (AvgIpc) is 3.04. The van der Waals surface area contributed by atoms with Gasteiger partial charge in [0.1, 0.15) is 10.7 Å². The number of thiazole rings is 1. The van der Waals surface area contributed by atoms with Crippen LogP contribution >= 0.6 is 11.3 Å². The number of anilines is 1. The van der Waals surface area contributed by atoms with Crippen molar-refractivity contribution in [2.75, 3.05) is 38.7 Å². The maximum Gasteiger partial charge on any atom is 0.289 e. The lowest BCUT2D eigenvalue weighted by molar-refractivity contribution is 0.150. The molecule has 27 heavy (non-hydrogen) atoms. The fourth-order valence-electron chi connectivity index (χ4n) is 3.46. The number of nitrogens with one attached hydrogen (secondary N) is 2. The Labute approximate surface area is 159 Å². The van der Waals surface area contributed by atoms with E-state index in [0.717, 1.165) is 53.7 Å². The fourth-order valence-corrected chi connectivity index (χ4v) is 4.25. The Kier molecular flexibility index (Phi) is 5.33. The Morgan fingerprint density at radius 2 is 2.33 bits per heavy atom. The molecule has 0 aromatic carbocycles. The van der Waals surface area contributed by atoms with Gasteiger partial charge in [-0.1, -0.05) is 11.3 Å². The maximum atomic E-state index is 13.3. The molecule has 2 aliphatic heterocycles. The van der Waals surface area contributed by atoms with Crippen LogP contribution in [-0.4, -0.2) is 54.3 Å². The van der Waals surface area contributed by atoms with Crippen molar-refractivity contribution in [2.45, 2.75) is 18.9 Å². The van der Waals surface area contributed by atoms with Gasteiger partial charge in [0.05, 0.1) is 11.0 Å². The summed E-state index contributed by atoms with van der Waals surface area (Å²) in [6.45, 7) is 2.98. The monoisotopic (exact) mass is 393 g/mol. The fraction of sp³-hybridized carbons (Fsp3) is 0.444. The summed E-state index contributed by atoms with van der Waals surface area (Å²) in [4.78, 5) is 11.0. The van der Waals surface area contributed by atoms with Gasteiger partial charge in [0.15, 0.2) is 5.01 Å². The number of ether oxygens (including phenoxy) is 1. The normalized spacial score (nSPS) is 19.2. The Morgan fingerprint density at radius 3 is 3.15 bits per heavy atom. The lowest BCUT2D eigenvalue weighted by Crippen LogP contribution is -2.52. The highest BCUT2D eigenvalue weighted by molar-refractivity contribution is 7.16. The molecule has 1 unspecified atom stereocenters. The highest BCUT2D eigenvalue weighted by Crippen LogP contribution is 2.35. The summed E-state index contributed by atoms with van der Waals surface area (Å²) < 4.78 is 31.7. The molecule has 1 saturated heterocycles. The van der Waals surface area contributed by atoms with E-state index in [-0.39, 0.29) is 11.0 Å². The van der Waals surface area contributed by atoms with Gasteiger partial charge in [-0.05, 0) is 18.6 Å². The van der Waals surface area contributed by atoms with E-state index in [4.69, 9.17) is 4.74 Å². The molecular weight excluding hydrogens is 372 g/mol. The largest absolute Gasteiger partial charge is 0.385 e. The van der Waals surface area contributed by atoms with Crippen LogP contribution in [0.5, 0.6) is 0 Å². The van der Waals surface area contributed by atoms with Gasteiger partial charge in [0, 0.05) is 57.0 Å². The second-order valence-electron chi connectivity index (χ2n) is 6.49. The Hall–Kier alpha value is -2.10. The lowest BCUT2D eigenvalue weighted by Gasteiger charge is -2.36. The number of halogens is 2. The van der Waals surface area contributed by atoms with Crippen LogP contribution in [0, 0.1) is 0 Å². The second kappa shape index (κ2) is 7.87. The molecule has 2 aliphatic rings. The first kappa shape index (κ1) is 18.3. The van der Waals surface area contributed by atoms with Crippen molar-refractivity contribution in [2.24, 2.45) is 0 Å². The van der Waals surface area contributed by atoms with E-state index in [1.165, 1.54) is 0 Å². The molecule has 0 spiro atoms. The van der Waals surface area contributed by atoms with E-state index in [2.05, 4.69) is 25.5 Å². The van der Waals surface area contributed by atoms with Gasteiger partial charge < -0.3 is 20.3 Å². The minimum atomic E-state index is -2.59. The molecule has 1 atom stereocenters. The Balaban J connectivity index is 1.81. The third-order valence-corrected chi connectivity index (χ3v) is 5.71. The van der Waals surface area contributed by atoms with Crippen molar-refractivity contribution in [3.8, 4) is 0 Å². The molecule has 6 nitrogen and oxygen atoms in total. The van der Waals surface area contributed by atoms with Crippen LogP contribution in [0.2, 0.25) is 0 Å². The summed E-state index contributed by atoms with van der Waals surface area (Å²) in [5, 5.41) is 8.78. The van der Waals surface area contributed by atoms with Gasteiger partial charge >= 0.3 is 0 Å². The van der Waals surface area contributed by atoms with E-state index < -0.39 is 6.43 Å². The number of piperazine rings is 1. The molecule has 2 N–H and O–H groups in total. The van der Waals surface area contributed by atoms with Crippen molar-refractivity contribution in [1.82, 2.24) is 20.2 Å². The zero-order valence-corrected chi connectivity index (χ0v) is 15.7. The first-order valence-corrected chi connectivity index (χ1v) is 9.67. The predicted molar refractivity (Wildman–Crippen MR) is 101 cm³/mol. The van der Waals surface area contributed by atoms with E-state index in [1.807, 2.05) is 18.3 Å². The van der Waals surface area contributed by atoms with Crippen LogP contribution in [0.1, 0.15) is 23.5 Å². The summed E-state index contributed by atoms with van der Waals surface area (Å²) in [5.41, 5.74) is 1.37. The number of aromatic nitrogens is 2. The van der Waals surface area contributed by atoms with Crippen LogP contribution in [0.3, 0.4) is 0 Å². The Bertz CT molecular complexity index is 932. The Morgan fingerprint density at radius 1 is 1.44 bits per heavy atom. The van der Waals surface area contributed by atoms with Crippen LogP contribution in [-0.2, 0) is 4.74 Å². The highest BCUT2D eigenvalue weighted by Gasteiger charge is 2.28. The first-order valence-electron chi connectivity index (χ1n) is 8.86. The van der Waals surface area contributed by atoms with Gasteiger partial charge in [-0.2, -0.15) is 0 Å². The summed E-state index contributed by atoms with van der Waals surface area (Å²) in [6, 6.07) is 4.09. The third-order valence-electron chi connectivity index (χ3n) is 4.72. The second-order valence-corrected chi connectivity index (χ2v) is 7.52. The van der Waals surface area contributed by atoms with Gasteiger partial charge in [-0.3, -0.25) is 4.98 Å². The molecule has 0 aliphatic carbocycles. The van der Waals surface area contributed by atoms with Crippen LogP contribution in [0.4, 0.5) is 13.8 Å². The van der Waals surface area contributed by atoms with E-state index in [9.17, 15) is 8.78 Å². The van der Waals surface area contributed by atoms with Gasteiger partial charge in [-0.15, -0.1) is 0 Å². The number of fused-ring (bicyclic) bond motifs is 2. The molecule has 0 bridgehead atoms. The molecule has 0 saturated carbocycles. The van der Waals surface area contributed by atoms with E-state index in [1.54, 1.807) is 13.3 Å². The van der Waals surface area contributed by atoms with E-state index in [0.29, 0.717) is 17.3 Å². The third kappa shape index (κ3) is 3.67. The average molecular weight is 393 g/mol. The van der Waals surface area contributed by atoms with E-state index >= 15 is 0 Å². The molecule has 1 fully saturated rings. The van der Waals surface area contributed by atoms with Crippen LogP contribution in [0.25, 0.3) is 11.9 Å². The van der Waals surface area contributed by atoms with Crippen molar-refractivity contribution in [1.29, 1.82) is 0 Å². The van der Waals surface area contributed by atoms with Gasteiger partial charge in [-0.25, -0.2) is 13.8 Å². The summed E-state index contributed by atoms with van der Waals surface area (Å²) in [7, 11) is 1.69. The van der Waals surface area contributed by atoms with Crippen molar-refractivity contribution >= 4 is 28.2 Å². The molecule has 2 aromatic rings. The molecule has 4 heterocycles. The number of pyridine rings is 1. The number of alkyl halides is 2. The molecule has 144 valence electrons. The zero-order valence-electron chi connectivity index (χ0n) is 14.9. The zero-order chi connectivity index (χ0) is 18.8. The van der Waals surface area contributed by atoms with Crippen molar-refractivity contribution < 1.29 is 13.5 Å². The number of nitrogens with zero attached hydrogens (tertiary/aromatic N) is 3. The standard InChI is InChI=1S/C18H21F2N5OS/c1-26-8-4-12-10-25(7-6-21-12)15-13-11(3-2-5-22-13)9-23-17-14(15)24-18(27-17)16(19)20/h2-3,5,9,12,16,21,23H,4,6-8,10H2,1H3. The SMILES string of the molecule is COCCC1CN(C2=c3ncccc3=CNc3sc(C(F)F)nc32)CCN1. The van der Waals surface area contributed by atoms with Crippen LogP contribution < -0.4 is 21.2 Å².